The van der Waals surface area contributed by atoms with Crippen LogP contribution in [0.4, 0.5) is 5.82 Å². The Morgan fingerprint density at radius 1 is 1.00 bits per heavy atom. The summed E-state index contributed by atoms with van der Waals surface area (Å²) in [7, 11) is 1.67. The van der Waals surface area contributed by atoms with Gasteiger partial charge in [0.2, 0.25) is 11.8 Å². The second-order valence-electron chi connectivity index (χ2n) is 10.2. The molecule has 222 valence electrons. The lowest BCUT2D eigenvalue weighted by molar-refractivity contribution is -0.145. The number of para-hydroxylation sites is 1. The van der Waals surface area contributed by atoms with Crippen LogP contribution in [0.5, 0.6) is 0 Å². The van der Waals surface area contributed by atoms with E-state index in [1.807, 2.05) is 55.5 Å². The zero-order valence-corrected chi connectivity index (χ0v) is 24.1. The molecule has 5 N–H and O–H groups in total. The van der Waals surface area contributed by atoms with E-state index in [1.165, 1.54) is 0 Å². The average Bonchev–Trinajstić information content (AvgIpc) is 3.34. The van der Waals surface area contributed by atoms with Crippen LogP contribution in [-0.2, 0) is 43.2 Å². The van der Waals surface area contributed by atoms with Crippen molar-refractivity contribution < 1.29 is 23.9 Å². The summed E-state index contributed by atoms with van der Waals surface area (Å²) in [4.78, 5) is 44.8. The maximum Gasteiger partial charge on any atom is 0.307 e. The number of hydrogen-bond donors (Lipinski definition) is 3. The molecule has 1 unspecified atom stereocenters. The van der Waals surface area contributed by atoms with Gasteiger partial charge in [-0.05, 0) is 36.5 Å². The number of anilines is 1. The second-order valence-corrected chi connectivity index (χ2v) is 10.2. The largest absolute Gasteiger partial charge is 0.444 e. The first kappa shape index (κ1) is 30.4. The van der Waals surface area contributed by atoms with Gasteiger partial charge in [-0.3, -0.25) is 14.4 Å². The average molecular weight is 575 g/mol. The fourth-order valence-corrected chi connectivity index (χ4v) is 4.91. The van der Waals surface area contributed by atoms with Gasteiger partial charge in [0.25, 0.3) is 0 Å². The van der Waals surface area contributed by atoms with Crippen molar-refractivity contribution in [2.45, 2.75) is 52.0 Å². The third-order valence-electron chi connectivity index (χ3n) is 7.32. The van der Waals surface area contributed by atoms with Gasteiger partial charge in [-0.1, -0.05) is 49.4 Å². The minimum atomic E-state index is -0.414. The number of nitrogens with two attached hydrogens (primary N) is 2. The van der Waals surface area contributed by atoms with Gasteiger partial charge in [-0.2, -0.15) is 0 Å². The van der Waals surface area contributed by atoms with Gasteiger partial charge in [0.1, 0.15) is 11.3 Å². The molecule has 0 aliphatic rings. The monoisotopic (exact) mass is 574 g/mol. The van der Waals surface area contributed by atoms with Crippen LogP contribution >= 0.6 is 0 Å². The van der Waals surface area contributed by atoms with Gasteiger partial charge >= 0.3 is 5.97 Å². The zero-order chi connectivity index (χ0) is 30.1. The number of imidazole rings is 1. The molecule has 1 atom stereocenters. The molecule has 11 heteroatoms. The fraction of sp³-hybridized carbons (Fsp3) is 0.387. The van der Waals surface area contributed by atoms with Crippen molar-refractivity contribution in [2.75, 3.05) is 26.2 Å². The molecule has 42 heavy (non-hydrogen) atoms. The summed E-state index contributed by atoms with van der Waals surface area (Å²) in [6, 6.07) is 16.0. The van der Waals surface area contributed by atoms with Crippen molar-refractivity contribution >= 4 is 45.5 Å². The van der Waals surface area contributed by atoms with Crippen molar-refractivity contribution in [3.8, 4) is 0 Å². The molecule has 2 heterocycles. The van der Waals surface area contributed by atoms with Crippen LogP contribution in [0.2, 0.25) is 0 Å². The predicted octanol–water partition coefficient (Wildman–Crippen LogP) is 3.25. The number of nitrogens with zero attached hydrogens (tertiary/aromatic N) is 3. The third-order valence-corrected chi connectivity index (χ3v) is 7.32. The van der Waals surface area contributed by atoms with Gasteiger partial charge in [0.15, 0.2) is 12.5 Å². The first-order valence-corrected chi connectivity index (χ1v) is 14.1. The Labute approximate surface area is 244 Å². The number of primary amides is 1. The number of carbonyl (C=O) groups excluding carboxylic acids is 3. The number of methoxy groups -OCH3 is 1. The molecule has 2 amide bonds. The molecule has 2 aromatic heterocycles. The quantitative estimate of drug-likeness (QED) is 0.144. The third kappa shape index (κ3) is 7.61. The normalized spacial score (nSPS) is 12.0. The van der Waals surface area contributed by atoms with Crippen molar-refractivity contribution in [3.05, 3.63) is 65.5 Å². The van der Waals surface area contributed by atoms with E-state index in [0.29, 0.717) is 50.2 Å². The minimum Gasteiger partial charge on any atom is -0.444 e. The van der Waals surface area contributed by atoms with Crippen molar-refractivity contribution in [3.63, 3.8) is 0 Å². The molecule has 4 rings (SSSR count). The number of pyridine rings is 1. The van der Waals surface area contributed by atoms with Crippen molar-refractivity contribution in [1.82, 2.24) is 19.9 Å². The van der Waals surface area contributed by atoms with Crippen LogP contribution in [0.1, 0.15) is 49.6 Å². The Morgan fingerprint density at radius 3 is 2.45 bits per heavy atom. The van der Waals surface area contributed by atoms with E-state index >= 15 is 0 Å². The number of aryl methyl sites for hydroxylation is 1. The number of aromatic nitrogens is 3. The highest BCUT2D eigenvalue weighted by molar-refractivity contribution is 6.06. The van der Waals surface area contributed by atoms with Crippen LogP contribution < -0.4 is 16.8 Å². The number of fused-ring (bicyclic) bond motifs is 3. The maximum absolute atomic E-state index is 12.2. The Balaban J connectivity index is 1.34. The van der Waals surface area contributed by atoms with Gasteiger partial charge < -0.3 is 30.8 Å². The van der Waals surface area contributed by atoms with Crippen LogP contribution in [0.15, 0.2) is 48.5 Å². The molecule has 2 aromatic carbocycles. The van der Waals surface area contributed by atoms with E-state index in [9.17, 15) is 14.4 Å². The number of benzene rings is 2. The molecule has 11 nitrogen and oxygen atoms in total. The summed E-state index contributed by atoms with van der Waals surface area (Å²) in [6.45, 7) is 2.76. The van der Waals surface area contributed by atoms with E-state index < -0.39 is 11.9 Å². The lowest BCUT2D eigenvalue weighted by Crippen LogP contribution is -2.29. The Kier molecular flexibility index (Phi) is 10.4. The Bertz CT molecular complexity index is 1550. The highest BCUT2D eigenvalue weighted by Gasteiger charge is 2.18. The number of nitrogen functional groups attached to an aromatic ring is 1. The molecule has 0 spiro atoms. The van der Waals surface area contributed by atoms with Gasteiger partial charge in [-0.25, -0.2) is 9.97 Å². The summed E-state index contributed by atoms with van der Waals surface area (Å²) < 4.78 is 12.6. The van der Waals surface area contributed by atoms with E-state index in [-0.39, 0.29) is 31.4 Å². The lowest BCUT2D eigenvalue weighted by atomic mass is 10.00. The van der Waals surface area contributed by atoms with E-state index in [0.717, 1.165) is 33.4 Å². The Morgan fingerprint density at radius 2 is 1.74 bits per heavy atom. The highest BCUT2D eigenvalue weighted by atomic mass is 16.5. The highest BCUT2D eigenvalue weighted by Crippen LogP contribution is 2.29. The fourth-order valence-electron chi connectivity index (χ4n) is 4.91. The molecule has 0 radical (unpaired) electrons. The summed E-state index contributed by atoms with van der Waals surface area (Å²) >= 11 is 0. The zero-order valence-electron chi connectivity index (χ0n) is 24.1. The summed E-state index contributed by atoms with van der Waals surface area (Å²) in [5.74, 6) is -0.180. The van der Waals surface area contributed by atoms with Crippen LogP contribution in [0, 0.1) is 5.92 Å². The van der Waals surface area contributed by atoms with Gasteiger partial charge in [-0.15, -0.1) is 0 Å². The topological polar surface area (TPSA) is 164 Å². The first-order chi connectivity index (χ1) is 20.3. The molecule has 0 fully saturated rings. The Hall–Kier alpha value is -4.51. The molecule has 0 aliphatic carbocycles. The number of ether oxygens (including phenoxy) is 2. The molecule has 0 bridgehead atoms. The summed E-state index contributed by atoms with van der Waals surface area (Å²) in [6.07, 6.45) is 2.42. The number of esters is 1. The van der Waals surface area contributed by atoms with E-state index in [1.54, 1.807) is 7.11 Å². The lowest BCUT2D eigenvalue weighted by Gasteiger charge is -2.12. The van der Waals surface area contributed by atoms with E-state index in [2.05, 4.69) is 14.9 Å². The molecular weight excluding hydrogens is 536 g/mol. The van der Waals surface area contributed by atoms with Crippen LogP contribution in [0.3, 0.4) is 0 Å². The van der Waals surface area contributed by atoms with E-state index in [4.69, 9.17) is 25.9 Å². The number of rotatable bonds is 15. The number of nitrogens with one attached hydrogen (secondary N) is 1. The molecule has 0 aliphatic heterocycles. The van der Waals surface area contributed by atoms with Gasteiger partial charge in [0.05, 0.1) is 17.6 Å². The molecule has 4 aromatic rings. The predicted molar refractivity (Wildman–Crippen MR) is 160 cm³/mol. The molecule has 0 saturated heterocycles. The SMILES string of the molecule is CCC(CCC(=O)NCOC(=O)CCc1ccc(Cn2c(CCOC)nc3c(N)nc4ccccc4c32)cc1)C(N)=O. The molecule has 0 saturated carbocycles. The van der Waals surface area contributed by atoms with Crippen LogP contribution in [-0.4, -0.2) is 52.8 Å². The first-order valence-electron chi connectivity index (χ1n) is 14.1. The summed E-state index contributed by atoms with van der Waals surface area (Å²) in [5.41, 5.74) is 16.1. The van der Waals surface area contributed by atoms with Crippen molar-refractivity contribution in [1.29, 1.82) is 0 Å². The molecular formula is C31H38N6O5. The minimum absolute atomic E-state index is 0.147. The van der Waals surface area contributed by atoms with Gasteiger partial charge in [0, 0.05) is 44.2 Å². The number of carbonyl (C=O) groups is 3. The second kappa shape index (κ2) is 14.4. The number of hydrogen-bond acceptors (Lipinski definition) is 8. The smallest absolute Gasteiger partial charge is 0.307 e. The number of amides is 2. The standard InChI is InChI=1S/C31H38N6O5/c1-3-22(31(33)40)13-14-26(38)34-19-42-27(39)15-12-20-8-10-21(11-9-20)18-37-25(16-17-41-2)36-28-29(37)23-6-4-5-7-24(23)35-30(28)32/h4-11,22H,3,12-19H2,1-2H3,(H2,32,35)(H2,33,40)(H,34,38). The summed E-state index contributed by atoms with van der Waals surface area (Å²) in [5, 5.41) is 3.53. The van der Waals surface area contributed by atoms with Crippen LogP contribution in [0.25, 0.3) is 21.9 Å². The maximum atomic E-state index is 12.2. The van der Waals surface area contributed by atoms with Crippen molar-refractivity contribution in [2.24, 2.45) is 11.7 Å².